The van der Waals surface area contributed by atoms with E-state index in [1.807, 2.05) is 54.6 Å². The third-order valence-corrected chi connectivity index (χ3v) is 4.53. The van der Waals surface area contributed by atoms with Crippen LogP contribution in [-0.2, 0) is 6.61 Å². The molecule has 1 amide bonds. The molecule has 126 valence electrons. The second-order valence-electron chi connectivity index (χ2n) is 6.46. The first kappa shape index (κ1) is 16.6. The zero-order chi connectivity index (χ0) is 16.6. The average molecular weight is 323 g/mol. The van der Waals surface area contributed by atoms with E-state index in [1.165, 1.54) is 25.7 Å². The normalized spacial score (nSPS) is 15.5. The molecule has 0 aromatic heterocycles. The third kappa shape index (κ3) is 4.85. The fraction of sp³-hybridized carbons (Fsp3) is 0.381. The van der Waals surface area contributed by atoms with Crippen LogP contribution < -0.4 is 10.1 Å². The van der Waals surface area contributed by atoms with Gasteiger partial charge in [0, 0.05) is 11.6 Å². The molecule has 0 heterocycles. The fourth-order valence-electron chi connectivity index (χ4n) is 3.16. The summed E-state index contributed by atoms with van der Waals surface area (Å²) in [6.07, 6.45) is 7.19. The Morgan fingerprint density at radius 3 is 2.46 bits per heavy atom. The van der Waals surface area contributed by atoms with Crippen molar-refractivity contribution in [1.29, 1.82) is 0 Å². The van der Waals surface area contributed by atoms with Crippen molar-refractivity contribution in [2.75, 3.05) is 0 Å². The van der Waals surface area contributed by atoms with E-state index in [-0.39, 0.29) is 5.91 Å². The number of benzene rings is 2. The molecular formula is C21H25NO2. The first-order valence-corrected chi connectivity index (χ1v) is 8.89. The van der Waals surface area contributed by atoms with Gasteiger partial charge in [0.1, 0.15) is 12.4 Å². The van der Waals surface area contributed by atoms with Gasteiger partial charge >= 0.3 is 0 Å². The van der Waals surface area contributed by atoms with Crippen LogP contribution in [0.4, 0.5) is 0 Å². The molecule has 24 heavy (non-hydrogen) atoms. The molecule has 0 unspecified atom stereocenters. The fourth-order valence-corrected chi connectivity index (χ4v) is 3.16. The van der Waals surface area contributed by atoms with Crippen LogP contribution in [0.1, 0.15) is 54.4 Å². The van der Waals surface area contributed by atoms with E-state index in [0.29, 0.717) is 18.2 Å². The molecule has 1 aliphatic carbocycles. The maximum atomic E-state index is 12.5. The van der Waals surface area contributed by atoms with Crippen LogP contribution in [0.3, 0.4) is 0 Å². The van der Waals surface area contributed by atoms with Gasteiger partial charge in [0.05, 0.1) is 0 Å². The van der Waals surface area contributed by atoms with Crippen molar-refractivity contribution in [1.82, 2.24) is 5.32 Å². The van der Waals surface area contributed by atoms with Gasteiger partial charge in [0.15, 0.2) is 0 Å². The summed E-state index contributed by atoms with van der Waals surface area (Å²) >= 11 is 0. The van der Waals surface area contributed by atoms with Crippen molar-refractivity contribution < 1.29 is 9.53 Å². The molecule has 0 radical (unpaired) electrons. The largest absolute Gasteiger partial charge is 0.489 e. The summed E-state index contributed by atoms with van der Waals surface area (Å²) in [5.74, 6) is 0.736. The molecule has 0 spiro atoms. The van der Waals surface area contributed by atoms with E-state index >= 15 is 0 Å². The van der Waals surface area contributed by atoms with Crippen molar-refractivity contribution in [3.63, 3.8) is 0 Å². The van der Waals surface area contributed by atoms with Gasteiger partial charge in [-0.3, -0.25) is 4.79 Å². The standard InChI is InChI=1S/C21H25NO2/c23-21(22-19-12-6-1-2-7-13-19)18-11-8-14-20(15-18)24-16-17-9-4-3-5-10-17/h3-5,8-11,14-15,19H,1-2,6-7,12-13,16H2,(H,22,23). The Morgan fingerprint density at radius 2 is 1.71 bits per heavy atom. The molecule has 1 fully saturated rings. The highest BCUT2D eigenvalue weighted by Gasteiger charge is 2.16. The second kappa shape index (κ2) is 8.53. The highest BCUT2D eigenvalue weighted by Crippen LogP contribution is 2.19. The van der Waals surface area contributed by atoms with Crippen LogP contribution >= 0.6 is 0 Å². The van der Waals surface area contributed by atoms with Crippen LogP contribution in [0.15, 0.2) is 54.6 Å². The van der Waals surface area contributed by atoms with Gasteiger partial charge in [-0.2, -0.15) is 0 Å². The number of amides is 1. The predicted molar refractivity (Wildman–Crippen MR) is 96.2 cm³/mol. The summed E-state index contributed by atoms with van der Waals surface area (Å²) in [5.41, 5.74) is 1.79. The maximum absolute atomic E-state index is 12.5. The lowest BCUT2D eigenvalue weighted by molar-refractivity contribution is 0.0933. The highest BCUT2D eigenvalue weighted by atomic mass is 16.5. The Morgan fingerprint density at radius 1 is 0.958 bits per heavy atom. The molecule has 3 heteroatoms. The molecule has 1 saturated carbocycles. The minimum atomic E-state index is 0.00654. The van der Waals surface area contributed by atoms with E-state index in [4.69, 9.17) is 4.74 Å². The van der Waals surface area contributed by atoms with Crippen LogP contribution in [0, 0.1) is 0 Å². The Hall–Kier alpha value is -2.29. The van der Waals surface area contributed by atoms with Gasteiger partial charge in [-0.25, -0.2) is 0 Å². The summed E-state index contributed by atoms with van der Waals surface area (Å²) in [5, 5.41) is 3.18. The Bertz CT molecular complexity index is 646. The summed E-state index contributed by atoms with van der Waals surface area (Å²) in [6, 6.07) is 17.8. The Balaban J connectivity index is 1.58. The zero-order valence-corrected chi connectivity index (χ0v) is 14.0. The molecular weight excluding hydrogens is 298 g/mol. The van der Waals surface area contributed by atoms with Crippen LogP contribution in [0.2, 0.25) is 0 Å². The zero-order valence-electron chi connectivity index (χ0n) is 14.0. The van der Waals surface area contributed by atoms with Crippen molar-refractivity contribution in [3.8, 4) is 5.75 Å². The van der Waals surface area contributed by atoms with Gasteiger partial charge in [-0.1, -0.05) is 62.1 Å². The van der Waals surface area contributed by atoms with E-state index in [9.17, 15) is 4.79 Å². The molecule has 0 aliphatic heterocycles. The smallest absolute Gasteiger partial charge is 0.251 e. The number of hydrogen-bond acceptors (Lipinski definition) is 2. The number of ether oxygens (including phenoxy) is 1. The molecule has 1 aliphatic rings. The Labute approximate surface area is 144 Å². The molecule has 0 bridgehead atoms. The number of nitrogens with one attached hydrogen (secondary N) is 1. The van der Waals surface area contributed by atoms with Gasteiger partial charge < -0.3 is 10.1 Å². The third-order valence-electron chi connectivity index (χ3n) is 4.53. The van der Waals surface area contributed by atoms with Gasteiger partial charge in [-0.15, -0.1) is 0 Å². The Kier molecular flexibility index (Phi) is 5.89. The van der Waals surface area contributed by atoms with Crippen LogP contribution in [0.25, 0.3) is 0 Å². The lowest BCUT2D eigenvalue weighted by Gasteiger charge is -2.16. The summed E-state index contributed by atoms with van der Waals surface area (Å²) < 4.78 is 5.81. The SMILES string of the molecule is O=C(NC1CCCCCC1)c1cccc(OCc2ccccc2)c1. The predicted octanol–water partition coefficient (Wildman–Crippen LogP) is 4.72. The minimum absolute atomic E-state index is 0.00654. The maximum Gasteiger partial charge on any atom is 0.251 e. The van der Waals surface area contributed by atoms with Crippen molar-refractivity contribution in [2.24, 2.45) is 0 Å². The minimum Gasteiger partial charge on any atom is -0.489 e. The number of carbonyl (C=O) groups excluding carboxylic acids is 1. The van der Waals surface area contributed by atoms with Crippen LogP contribution in [-0.4, -0.2) is 11.9 Å². The highest BCUT2D eigenvalue weighted by molar-refractivity contribution is 5.94. The van der Waals surface area contributed by atoms with Crippen molar-refractivity contribution in [2.45, 2.75) is 51.2 Å². The molecule has 2 aromatic carbocycles. The first-order valence-electron chi connectivity index (χ1n) is 8.89. The number of hydrogen-bond donors (Lipinski definition) is 1. The number of rotatable bonds is 5. The molecule has 3 nitrogen and oxygen atoms in total. The van der Waals surface area contributed by atoms with Crippen LogP contribution in [0.5, 0.6) is 5.75 Å². The van der Waals surface area contributed by atoms with E-state index in [0.717, 1.165) is 24.2 Å². The molecule has 3 rings (SSSR count). The van der Waals surface area contributed by atoms with E-state index in [2.05, 4.69) is 5.32 Å². The summed E-state index contributed by atoms with van der Waals surface area (Å²) in [4.78, 5) is 12.5. The van der Waals surface area contributed by atoms with E-state index < -0.39 is 0 Å². The first-order chi connectivity index (χ1) is 11.8. The monoisotopic (exact) mass is 323 g/mol. The number of carbonyl (C=O) groups is 1. The second-order valence-corrected chi connectivity index (χ2v) is 6.46. The van der Waals surface area contributed by atoms with E-state index in [1.54, 1.807) is 0 Å². The molecule has 0 atom stereocenters. The lowest BCUT2D eigenvalue weighted by Crippen LogP contribution is -2.34. The lowest BCUT2D eigenvalue weighted by atomic mass is 10.1. The average Bonchev–Trinajstić information content (AvgIpc) is 2.90. The van der Waals surface area contributed by atoms with Gasteiger partial charge in [0.25, 0.3) is 5.91 Å². The molecule has 0 saturated heterocycles. The summed E-state index contributed by atoms with van der Waals surface area (Å²) in [7, 11) is 0. The quantitative estimate of drug-likeness (QED) is 0.809. The van der Waals surface area contributed by atoms with Crippen molar-refractivity contribution in [3.05, 3.63) is 65.7 Å². The summed E-state index contributed by atoms with van der Waals surface area (Å²) in [6.45, 7) is 0.508. The van der Waals surface area contributed by atoms with Crippen molar-refractivity contribution >= 4 is 5.91 Å². The van der Waals surface area contributed by atoms with Gasteiger partial charge in [-0.05, 0) is 36.6 Å². The molecule has 2 aromatic rings. The molecule has 1 N–H and O–H groups in total. The topological polar surface area (TPSA) is 38.3 Å². The van der Waals surface area contributed by atoms with Gasteiger partial charge in [0.2, 0.25) is 0 Å².